The normalized spacial score (nSPS) is 10.4. The van der Waals surface area contributed by atoms with Gasteiger partial charge in [-0.25, -0.2) is 4.98 Å². The molecule has 0 aliphatic heterocycles. The maximum atomic E-state index is 11.7. The topological polar surface area (TPSA) is 57.8 Å². The highest BCUT2D eigenvalue weighted by Gasteiger charge is 2.02. The Labute approximate surface area is 113 Å². The highest BCUT2D eigenvalue weighted by Crippen LogP contribution is 2.06. The molecule has 0 bridgehead atoms. The number of aromatic nitrogens is 2. The minimum absolute atomic E-state index is 0.0908. The number of nitrogens with zero attached hydrogens (tertiary/aromatic N) is 1. The highest BCUT2D eigenvalue weighted by molar-refractivity contribution is 5.76. The number of aryl methyl sites for hydroxylation is 2. The van der Waals surface area contributed by atoms with Crippen LogP contribution in [0.1, 0.15) is 23.4 Å². The number of hydrogen-bond donors (Lipinski definition) is 2. The van der Waals surface area contributed by atoms with E-state index in [2.05, 4.69) is 40.4 Å². The van der Waals surface area contributed by atoms with Crippen LogP contribution < -0.4 is 5.32 Å². The van der Waals surface area contributed by atoms with Gasteiger partial charge < -0.3 is 10.3 Å². The molecule has 100 valence electrons. The van der Waals surface area contributed by atoms with E-state index in [0.29, 0.717) is 13.0 Å². The van der Waals surface area contributed by atoms with Gasteiger partial charge in [-0.1, -0.05) is 29.8 Å². The van der Waals surface area contributed by atoms with E-state index in [4.69, 9.17) is 0 Å². The molecule has 0 aliphatic rings. The van der Waals surface area contributed by atoms with Crippen molar-refractivity contribution >= 4 is 5.91 Å². The average molecular weight is 257 g/mol. The van der Waals surface area contributed by atoms with Gasteiger partial charge >= 0.3 is 0 Å². The summed E-state index contributed by atoms with van der Waals surface area (Å²) >= 11 is 0. The number of amides is 1. The number of H-pyrrole nitrogens is 1. The molecular formula is C15H19N3O. The first-order chi connectivity index (χ1) is 9.24. The second-order valence-electron chi connectivity index (χ2n) is 4.62. The van der Waals surface area contributed by atoms with Crippen molar-refractivity contribution in [3.63, 3.8) is 0 Å². The standard InChI is InChI=1S/C15H19N3O/c1-12-3-2-4-13(11-12)5-6-15(19)18-8-7-14-16-9-10-17-14/h2-4,9-11H,5-8H2,1H3,(H,16,17)(H,18,19). The molecule has 1 aromatic carbocycles. The van der Waals surface area contributed by atoms with Gasteiger partial charge in [-0.05, 0) is 18.9 Å². The zero-order valence-electron chi connectivity index (χ0n) is 11.1. The molecule has 1 aromatic heterocycles. The second kappa shape index (κ2) is 6.73. The van der Waals surface area contributed by atoms with Crippen LogP contribution in [0.5, 0.6) is 0 Å². The zero-order chi connectivity index (χ0) is 13.5. The summed E-state index contributed by atoms with van der Waals surface area (Å²) in [7, 11) is 0. The third-order valence-corrected chi connectivity index (χ3v) is 2.96. The molecule has 0 aliphatic carbocycles. The number of rotatable bonds is 6. The molecule has 0 atom stereocenters. The van der Waals surface area contributed by atoms with Gasteiger partial charge in [0.25, 0.3) is 0 Å². The Kier molecular flexibility index (Phi) is 4.72. The fourth-order valence-corrected chi connectivity index (χ4v) is 1.97. The van der Waals surface area contributed by atoms with Crippen molar-refractivity contribution in [1.29, 1.82) is 0 Å². The lowest BCUT2D eigenvalue weighted by Gasteiger charge is -2.05. The van der Waals surface area contributed by atoms with Gasteiger partial charge in [0, 0.05) is 31.8 Å². The van der Waals surface area contributed by atoms with Crippen LogP contribution in [0, 0.1) is 6.92 Å². The van der Waals surface area contributed by atoms with Crippen LogP contribution in [0.2, 0.25) is 0 Å². The third kappa shape index (κ3) is 4.58. The molecule has 4 heteroatoms. The summed E-state index contributed by atoms with van der Waals surface area (Å²) in [5.74, 6) is 0.993. The molecule has 0 fully saturated rings. The summed E-state index contributed by atoms with van der Waals surface area (Å²) in [5.41, 5.74) is 2.44. The van der Waals surface area contributed by atoms with E-state index in [0.717, 1.165) is 18.7 Å². The minimum atomic E-state index is 0.0908. The fourth-order valence-electron chi connectivity index (χ4n) is 1.97. The number of benzene rings is 1. The number of imidazole rings is 1. The van der Waals surface area contributed by atoms with Crippen molar-refractivity contribution in [2.24, 2.45) is 0 Å². The molecule has 0 saturated heterocycles. The van der Waals surface area contributed by atoms with E-state index in [1.807, 2.05) is 6.07 Å². The Hall–Kier alpha value is -2.10. The summed E-state index contributed by atoms with van der Waals surface area (Å²) in [6.07, 6.45) is 5.56. The van der Waals surface area contributed by atoms with Gasteiger partial charge in [0.1, 0.15) is 5.82 Å². The van der Waals surface area contributed by atoms with E-state index in [9.17, 15) is 4.79 Å². The lowest BCUT2D eigenvalue weighted by atomic mass is 10.1. The van der Waals surface area contributed by atoms with Crippen molar-refractivity contribution in [3.8, 4) is 0 Å². The first kappa shape index (κ1) is 13.3. The van der Waals surface area contributed by atoms with Gasteiger partial charge in [-0.15, -0.1) is 0 Å². The van der Waals surface area contributed by atoms with Crippen LogP contribution >= 0.6 is 0 Å². The molecule has 1 heterocycles. The average Bonchev–Trinajstić information content (AvgIpc) is 2.90. The van der Waals surface area contributed by atoms with E-state index in [1.165, 1.54) is 11.1 Å². The van der Waals surface area contributed by atoms with Gasteiger partial charge in [0.05, 0.1) is 0 Å². The number of carbonyl (C=O) groups is 1. The van der Waals surface area contributed by atoms with E-state index in [1.54, 1.807) is 12.4 Å². The van der Waals surface area contributed by atoms with Gasteiger partial charge in [-0.2, -0.15) is 0 Å². The molecule has 4 nitrogen and oxygen atoms in total. The first-order valence-electron chi connectivity index (χ1n) is 6.54. The van der Waals surface area contributed by atoms with Crippen LogP contribution in [0.3, 0.4) is 0 Å². The molecule has 19 heavy (non-hydrogen) atoms. The van der Waals surface area contributed by atoms with Crippen molar-refractivity contribution in [2.45, 2.75) is 26.2 Å². The molecule has 1 amide bonds. The summed E-state index contributed by atoms with van der Waals surface area (Å²) in [6.45, 7) is 2.69. The summed E-state index contributed by atoms with van der Waals surface area (Å²) < 4.78 is 0. The number of hydrogen-bond acceptors (Lipinski definition) is 2. The Morgan fingerprint density at radius 3 is 3.00 bits per heavy atom. The lowest BCUT2D eigenvalue weighted by Crippen LogP contribution is -2.26. The van der Waals surface area contributed by atoms with Crippen molar-refractivity contribution < 1.29 is 4.79 Å². The van der Waals surface area contributed by atoms with Crippen LogP contribution in [-0.4, -0.2) is 22.4 Å². The van der Waals surface area contributed by atoms with E-state index < -0.39 is 0 Å². The molecule has 0 unspecified atom stereocenters. The van der Waals surface area contributed by atoms with Crippen LogP contribution in [0.25, 0.3) is 0 Å². The Morgan fingerprint density at radius 2 is 2.26 bits per heavy atom. The predicted molar refractivity (Wildman–Crippen MR) is 74.8 cm³/mol. The van der Waals surface area contributed by atoms with Crippen molar-refractivity contribution in [1.82, 2.24) is 15.3 Å². The third-order valence-electron chi connectivity index (χ3n) is 2.96. The Balaban J connectivity index is 1.67. The quantitative estimate of drug-likeness (QED) is 0.831. The molecule has 2 N–H and O–H groups in total. The van der Waals surface area contributed by atoms with Gasteiger partial charge in [0.2, 0.25) is 5.91 Å². The van der Waals surface area contributed by atoms with Gasteiger partial charge in [-0.3, -0.25) is 4.79 Å². The monoisotopic (exact) mass is 257 g/mol. The molecular weight excluding hydrogens is 238 g/mol. The molecule has 0 radical (unpaired) electrons. The van der Waals surface area contributed by atoms with E-state index >= 15 is 0 Å². The Morgan fingerprint density at radius 1 is 1.37 bits per heavy atom. The summed E-state index contributed by atoms with van der Waals surface area (Å²) in [4.78, 5) is 18.8. The van der Waals surface area contributed by atoms with Crippen LogP contribution in [0.15, 0.2) is 36.7 Å². The fraction of sp³-hybridized carbons (Fsp3) is 0.333. The van der Waals surface area contributed by atoms with Crippen molar-refractivity contribution in [2.75, 3.05) is 6.54 Å². The molecule has 2 aromatic rings. The molecule has 0 saturated carbocycles. The SMILES string of the molecule is Cc1cccc(CCC(=O)NCCc2ncc[nH]2)c1. The maximum Gasteiger partial charge on any atom is 0.220 e. The Bertz CT molecular complexity index is 520. The number of carbonyl (C=O) groups excluding carboxylic acids is 1. The van der Waals surface area contributed by atoms with Crippen LogP contribution in [-0.2, 0) is 17.6 Å². The van der Waals surface area contributed by atoms with Crippen LogP contribution in [0.4, 0.5) is 0 Å². The second-order valence-corrected chi connectivity index (χ2v) is 4.62. The molecule has 0 spiro atoms. The van der Waals surface area contributed by atoms with Gasteiger partial charge in [0.15, 0.2) is 0 Å². The minimum Gasteiger partial charge on any atom is -0.356 e. The number of nitrogens with one attached hydrogen (secondary N) is 2. The smallest absolute Gasteiger partial charge is 0.220 e. The zero-order valence-corrected chi connectivity index (χ0v) is 11.1. The number of aromatic amines is 1. The summed E-state index contributed by atoms with van der Waals surface area (Å²) in [6, 6.07) is 8.27. The maximum absolute atomic E-state index is 11.7. The summed E-state index contributed by atoms with van der Waals surface area (Å²) in [5, 5.41) is 2.91. The highest BCUT2D eigenvalue weighted by atomic mass is 16.1. The van der Waals surface area contributed by atoms with Crippen molar-refractivity contribution in [3.05, 3.63) is 53.6 Å². The predicted octanol–water partition coefficient (Wildman–Crippen LogP) is 2.01. The first-order valence-corrected chi connectivity index (χ1v) is 6.54. The molecule has 2 rings (SSSR count). The largest absolute Gasteiger partial charge is 0.356 e. The lowest BCUT2D eigenvalue weighted by molar-refractivity contribution is -0.121. The van der Waals surface area contributed by atoms with E-state index in [-0.39, 0.29) is 5.91 Å².